The molecular weight excluding hydrogens is 290 g/mol. The highest BCUT2D eigenvalue weighted by Gasteiger charge is 2.33. The number of aromatic nitrogens is 2. The van der Waals surface area contributed by atoms with Gasteiger partial charge in [-0.2, -0.15) is 5.10 Å². The summed E-state index contributed by atoms with van der Waals surface area (Å²) in [5.41, 5.74) is 4.16. The standard InChI is InChI=1S/C18H21N3O2/c1-11-16(12(2)21(4)19-11)17(22)18(23)20(3)15-10-9-13-7-5-6-8-14(13)15/h5-8,15H,9-10H2,1-4H3. The lowest BCUT2D eigenvalue weighted by Gasteiger charge is -2.24. The van der Waals surface area contributed by atoms with Gasteiger partial charge in [-0.05, 0) is 37.8 Å². The number of carbonyl (C=O) groups excluding carboxylic acids is 2. The number of fused-ring (bicyclic) bond motifs is 1. The summed E-state index contributed by atoms with van der Waals surface area (Å²) in [6.07, 6.45) is 1.80. The SMILES string of the molecule is Cc1nn(C)c(C)c1C(=O)C(=O)N(C)C1CCc2ccccc21. The van der Waals surface area contributed by atoms with Crippen molar-refractivity contribution < 1.29 is 9.59 Å². The number of hydrogen-bond donors (Lipinski definition) is 0. The third-order valence-corrected chi connectivity index (χ3v) is 4.82. The van der Waals surface area contributed by atoms with Crippen molar-refractivity contribution in [2.45, 2.75) is 32.7 Å². The smallest absolute Gasteiger partial charge is 0.295 e. The molecule has 2 aromatic rings. The minimum Gasteiger partial charge on any atom is -0.332 e. The molecule has 1 aliphatic rings. The van der Waals surface area contributed by atoms with E-state index in [1.54, 1.807) is 30.6 Å². The normalized spacial score (nSPS) is 16.3. The fourth-order valence-corrected chi connectivity index (χ4v) is 3.45. The second-order valence-electron chi connectivity index (χ2n) is 6.17. The van der Waals surface area contributed by atoms with Crippen LogP contribution in [0.1, 0.15) is 45.3 Å². The van der Waals surface area contributed by atoms with Crippen LogP contribution in [-0.2, 0) is 18.3 Å². The lowest BCUT2D eigenvalue weighted by Crippen LogP contribution is -2.36. The van der Waals surface area contributed by atoms with Gasteiger partial charge in [0.05, 0.1) is 17.3 Å². The molecule has 3 rings (SSSR count). The Morgan fingerprint density at radius 2 is 1.96 bits per heavy atom. The zero-order valence-corrected chi connectivity index (χ0v) is 14.0. The lowest BCUT2D eigenvalue weighted by molar-refractivity contribution is -0.127. The molecule has 23 heavy (non-hydrogen) atoms. The molecule has 120 valence electrons. The van der Waals surface area contributed by atoms with E-state index < -0.39 is 11.7 Å². The first-order valence-electron chi connectivity index (χ1n) is 7.81. The van der Waals surface area contributed by atoms with Gasteiger partial charge in [-0.1, -0.05) is 24.3 Å². The molecule has 5 nitrogen and oxygen atoms in total. The van der Waals surface area contributed by atoms with Crippen LogP contribution >= 0.6 is 0 Å². The van der Waals surface area contributed by atoms with E-state index >= 15 is 0 Å². The van der Waals surface area contributed by atoms with Crippen LogP contribution in [-0.4, -0.2) is 33.4 Å². The third kappa shape index (κ3) is 2.46. The Morgan fingerprint density at radius 1 is 1.26 bits per heavy atom. The Morgan fingerprint density at radius 3 is 2.61 bits per heavy atom. The fraction of sp³-hybridized carbons (Fsp3) is 0.389. The summed E-state index contributed by atoms with van der Waals surface area (Å²) < 4.78 is 1.64. The van der Waals surface area contributed by atoms with Crippen molar-refractivity contribution in [3.63, 3.8) is 0 Å². The van der Waals surface area contributed by atoms with E-state index in [1.807, 2.05) is 25.1 Å². The van der Waals surface area contributed by atoms with Crippen LogP contribution in [0.2, 0.25) is 0 Å². The van der Waals surface area contributed by atoms with Crippen LogP contribution in [0.4, 0.5) is 0 Å². The van der Waals surface area contributed by atoms with Gasteiger partial charge in [0.2, 0.25) is 0 Å². The average molecular weight is 311 g/mol. The Labute approximate surface area is 135 Å². The molecule has 0 radical (unpaired) electrons. The van der Waals surface area contributed by atoms with Gasteiger partial charge in [-0.15, -0.1) is 0 Å². The topological polar surface area (TPSA) is 55.2 Å². The van der Waals surface area contributed by atoms with Crippen LogP contribution in [0.25, 0.3) is 0 Å². The summed E-state index contributed by atoms with van der Waals surface area (Å²) in [5.74, 6) is -0.939. The molecule has 1 amide bonds. The fourth-order valence-electron chi connectivity index (χ4n) is 3.45. The maximum absolute atomic E-state index is 12.7. The molecule has 1 aromatic heterocycles. The van der Waals surface area contributed by atoms with Gasteiger partial charge < -0.3 is 4.90 Å². The summed E-state index contributed by atoms with van der Waals surface area (Å²) >= 11 is 0. The minimum atomic E-state index is -0.472. The Kier molecular flexibility index (Phi) is 3.80. The van der Waals surface area contributed by atoms with E-state index in [4.69, 9.17) is 0 Å². The van der Waals surface area contributed by atoms with Crippen molar-refractivity contribution in [3.05, 3.63) is 52.3 Å². The van der Waals surface area contributed by atoms with E-state index in [-0.39, 0.29) is 6.04 Å². The van der Waals surface area contributed by atoms with E-state index in [0.29, 0.717) is 11.3 Å². The number of benzene rings is 1. The molecule has 0 saturated heterocycles. The van der Waals surface area contributed by atoms with Crippen LogP contribution < -0.4 is 0 Å². The van der Waals surface area contributed by atoms with Crippen molar-refractivity contribution in [1.29, 1.82) is 0 Å². The van der Waals surface area contributed by atoms with Gasteiger partial charge in [0.1, 0.15) is 0 Å². The predicted octanol–water partition coefficient (Wildman–Crippen LogP) is 2.37. The molecule has 0 aliphatic heterocycles. The zero-order chi connectivity index (χ0) is 16.7. The Bertz CT molecular complexity index is 792. The maximum atomic E-state index is 12.7. The highest BCUT2D eigenvalue weighted by atomic mass is 16.2. The molecule has 0 spiro atoms. The van der Waals surface area contributed by atoms with E-state index in [9.17, 15) is 9.59 Å². The summed E-state index contributed by atoms with van der Waals surface area (Å²) in [7, 11) is 3.49. The first kappa shape index (κ1) is 15.5. The molecule has 0 bridgehead atoms. The largest absolute Gasteiger partial charge is 0.332 e. The number of hydrogen-bond acceptors (Lipinski definition) is 3. The number of aryl methyl sites for hydroxylation is 3. The van der Waals surface area contributed by atoms with Crippen LogP contribution in [0.15, 0.2) is 24.3 Å². The summed E-state index contributed by atoms with van der Waals surface area (Å²) in [4.78, 5) is 26.9. The quantitative estimate of drug-likeness (QED) is 0.646. The zero-order valence-electron chi connectivity index (χ0n) is 14.0. The Hall–Kier alpha value is -2.43. The number of ketones is 1. The van der Waals surface area contributed by atoms with Crippen LogP contribution in [0.5, 0.6) is 0 Å². The van der Waals surface area contributed by atoms with Crippen molar-refractivity contribution in [1.82, 2.24) is 14.7 Å². The maximum Gasteiger partial charge on any atom is 0.295 e. The van der Waals surface area contributed by atoms with Gasteiger partial charge in [0.25, 0.3) is 11.7 Å². The van der Waals surface area contributed by atoms with Crippen molar-refractivity contribution >= 4 is 11.7 Å². The van der Waals surface area contributed by atoms with E-state index in [2.05, 4.69) is 11.2 Å². The highest BCUT2D eigenvalue weighted by Crippen LogP contribution is 2.35. The third-order valence-electron chi connectivity index (χ3n) is 4.82. The Balaban J connectivity index is 1.87. The summed E-state index contributed by atoms with van der Waals surface area (Å²) in [6, 6.07) is 8.09. The molecule has 1 aromatic carbocycles. The van der Waals surface area contributed by atoms with Gasteiger partial charge in [0.15, 0.2) is 0 Å². The molecule has 5 heteroatoms. The van der Waals surface area contributed by atoms with Crippen LogP contribution in [0.3, 0.4) is 0 Å². The van der Waals surface area contributed by atoms with Gasteiger partial charge in [-0.3, -0.25) is 14.3 Å². The predicted molar refractivity (Wildman–Crippen MR) is 87.3 cm³/mol. The lowest BCUT2D eigenvalue weighted by atomic mass is 10.0. The molecule has 0 saturated carbocycles. The van der Waals surface area contributed by atoms with E-state index in [1.165, 1.54) is 5.56 Å². The average Bonchev–Trinajstić information content (AvgIpc) is 3.07. The van der Waals surface area contributed by atoms with Crippen molar-refractivity contribution in [2.24, 2.45) is 7.05 Å². The summed E-state index contributed by atoms with van der Waals surface area (Å²) in [6.45, 7) is 3.57. The van der Waals surface area contributed by atoms with Crippen molar-refractivity contribution in [3.8, 4) is 0 Å². The van der Waals surface area contributed by atoms with Crippen molar-refractivity contribution in [2.75, 3.05) is 7.05 Å². The molecule has 1 aliphatic carbocycles. The first-order chi connectivity index (χ1) is 10.9. The number of Topliss-reactive ketones (excluding diaryl/α,β-unsaturated/α-hetero) is 1. The molecule has 1 heterocycles. The minimum absolute atomic E-state index is 0.0278. The number of rotatable bonds is 3. The summed E-state index contributed by atoms with van der Waals surface area (Å²) in [5, 5.41) is 4.23. The number of carbonyl (C=O) groups is 2. The van der Waals surface area contributed by atoms with Gasteiger partial charge >= 0.3 is 0 Å². The molecule has 0 fully saturated rings. The molecular formula is C18H21N3O2. The highest BCUT2D eigenvalue weighted by molar-refractivity contribution is 6.43. The molecule has 0 N–H and O–H groups in total. The van der Waals surface area contributed by atoms with Gasteiger partial charge in [-0.25, -0.2) is 0 Å². The molecule has 1 atom stereocenters. The number of likely N-dealkylation sites (N-methyl/N-ethyl adjacent to an activating group) is 1. The second kappa shape index (κ2) is 5.65. The monoisotopic (exact) mass is 311 g/mol. The van der Waals surface area contributed by atoms with Gasteiger partial charge in [0, 0.05) is 19.8 Å². The second-order valence-corrected chi connectivity index (χ2v) is 6.17. The molecule has 1 unspecified atom stereocenters. The van der Waals surface area contributed by atoms with Crippen LogP contribution in [0, 0.1) is 13.8 Å². The first-order valence-corrected chi connectivity index (χ1v) is 7.81. The number of nitrogens with zero attached hydrogens (tertiary/aromatic N) is 3. The van der Waals surface area contributed by atoms with E-state index in [0.717, 1.165) is 24.1 Å². The number of amides is 1.